The number of rotatable bonds is 3. The van der Waals surface area contributed by atoms with Gasteiger partial charge in [0.25, 0.3) is 0 Å². The molecular weight excluding hydrogens is 272 g/mol. The normalized spacial score (nSPS) is 16.5. The highest BCUT2D eigenvalue weighted by molar-refractivity contribution is 5.80. The van der Waals surface area contributed by atoms with E-state index in [1.165, 1.54) is 16.5 Å². The molecular formula is C19H18N2O. The van der Waals surface area contributed by atoms with Crippen LogP contribution < -0.4 is 10.1 Å². The number of nitrogens with zero attached hydrogens (tertiary/aromatic N) is 1. The Morgan fingerprint density at radius 1 is 1.05 bits per heavy atom. The van der Waals surface area contributed by atoms with Crippen molar-refractivity contribution in [2.24, 2.45) is 0 Å². The van der Waals surface area contributed by atoms with Gasteiger partial charge in [0.05, 0.1) is 18.7 Å². The Morgan fingerprint density at radius 3 is 2.86 bits per heavy atom. The molecule has 0 saturated heterocycles. The highest BCUT2D eigenvalue weighted by Crippen LogP contribution is 2.38. The van der Waals surface area contributed by atoms with Crippen molar-refractivity contribution < 1.29 is 4.74 Å². The molecule has 0 radical (unpaired) electrons. The largest absolute Gasteiger partial charge is 0.496 e. The number of pyridine rings is 1. The van der Waals surface area contributed by atoms with Crippen LogP contribution in [0.15, 0.2) is 54.6 Å². The molecule has 1 aromatic heterocycles. The molecule has 110 valence electrons. The minimum atomic E-state index is 0.304. The Kier molecular flexibility index (Phi) is 3.19. The molecule has 3 aromatic rings. The number of aromatic nitrogens is 1. The second kappa shape index (κ2) is 5.34. The summed E-state index contributed by atoms with van der Waals surface area (Å²) in [6.07, 6.45) is 2.12. The maximum atomic E-state index is 5.47. The molecule has 0 bridgehead atoms. The van der Waals surface area contributed by atoms with Gasteiger partial charge in [0.1, 0.15) is 11.6 Å². The fourth-order valence-electron chi connectivity index (χ4n) is 3.29. The molecule has 3 heteroatoms. The minimum absolute atomic E-state index is 0.304. The van der Waals surface area contributed by atoms with Crippen molar-refractivity contribution in [3.05, 3.63) is 65.7 Å². The first-order valence-electron chi connectivity index (χ1n) is 7.63. The zero-order valence-corrected chi connectivity index (χ0v) is 12.5. The number of hydrogen-bond donors (Lipinski definition) is 1. The summed E-state index contributed by atoms with van der Waals surface area (Å²) in [5.74, 6) is 1.92. The topological polar surface area (TPSA) is 34.1 Å². The predicted octanol–water partition coefficient (Wildman–Crippen LogP) is 4.34. The molecule has 4 rings (SSSR count). The fraction of sp³-hybridized carbons (Fsp3) is 0.211. The van der Waals surface area contributed by atoms with Crippen LogP contribution in [0.5, 0.6) is 5.75 Å². The molecule has 1 heterocycles. The highest BCUT2D eigenvalue weighted by atomic mass is 16.5. The van der Waals surface area contributed by atoms with Crippen LogP contribution in [0.2, 0.25) is 0 Å². The molecule has 0 saturated carbocycles. The van der Waals surface area contributed by atoms with Crippen molar-refractivity contribution in [1.29, 1.82) is 0 Å². The monoisotopic (exact) mass is 290 g/mol. The number of hydrogen-bond acceptors (Lipinski definition) is 3. The lowest BCUT2D eigenvalue weighted by Crippen LogP contribution is -2.08. The lowest BCUT2D eigenvalue weighted by molar-refractivity contribution is 0.410. The number of fused-ring (bicyclic) bond motifs is 2. The molecule has 2 aromatic carbocycles. The molecule has 1 N–H and O–H groups in total. The number of ether oxygens (including phenoxy) is 1. The summed E-state index contributed by atoms with van der Waals surface area (Å²) in [4.78, 5) is 4.71. The molecule has 22 heavy (non-hydrogen) atoms. The van der Waals surface area contributed by atoms with E-state index in [9.17, 15) is 0 Å². The van der Waals surface area contributed by atoms with E-state index in [0.717, 1.165) is 29.9 Å². The number of nitrogens with one attached hydrogen (secondary N) is 1. The molecule has 1 unspecified atom stereocenters. The summed E-state index contributed by atoms with van der Waals surface area (Å²) in [6, 6.07) is 19.0. The van der Waals surface area contributed by atoms with E-state index >= 15 is 0 Å². The summed E-state index contributed by atoms with van der Waals surface area (Å²) >= 11 is 0. The molecule has 1 atom stereocenters. The summed E-state index contributed by atoms with van der Waals surface area (Å²) in [5, 5.41) is 4.74. The number of para-hydroxylation sites is 1. The first-order chi connectivity index (χ1) is 10.8. The zero-order chi connectivity index (χ0) is 14.9. The lowest BCUT2D eigenvalue weighted by Gasteiger charge is -2.15. The third-order valence-electron chi connectivity index (χ3n) is 4.37. The number of methoxy groups -OCH3 is 1. The first-order valence-corrected chi connectivity index (χ1v) is 7.63. The number of benzene rings is 2. The average molecular weight is 290 g/mol. The zero-order valence-electron chi connectivity index (χ0n) is 12.5. The van der Waals surface area contributed by atoms with Crippen molar-refractivity contribution in [1.82, 2.24) is 4.98 Å². The second-order valence-electron chi connectivity index (χ2n) is 5.65. The van der Waals surface area contributed by atoms with E-state index in [0.29, 0.717) is 6.04 Å². The predicted molar refractivity (Wildman–Crippen MR) is 89.4 cm³/mol. The quantitative estimate of drug-likeness (QED) is 0.779. The standard InChI is InChI=1S/C19H18N2O/c1-22-18-8-4-6-14-15(18)10-11-17(14)21-19-12-9-13-5-2-3-7-16(13)20-19/h2-9,12,17H,10-11H2,1H3,(H,20,21). The minimum Gasteiger partial charge on any atom is -0.496 e. The van der Waals surface area contributed by atoms with Gasteiger partial charge in [0.15, 0.2) is 0 Å². The van der Waals surface area contributed by atoms with Crippen LogP contribution in [0.3, 0.4) is 0 Å². The van der Waals surface area contributed by atoms with Crippen LogP contribution in [-0.2, 0) is 6.42 Å². The summed E-state index contributed by atoms with van der Waals surface area (Å²) in [7, 11) is 1.74. The van der Waals surface area contributed by atoms with E-state index in [2.05, 4.69) is 35.6 Å². The molecule has 0 amide bonds. The van der Waals surface area contributed by atoms with Crippen LogP contribution >= 0.6 is 0 Å². The highest BCUT2D eigenvalue weighted by Gasteiger charge is 2.25. The van der Waals surface area contributed by atoms with E-state index in [4.69, 9.17) is 9.72 Å². The lowest BCUT2D eigenvalue weighted by atomic mass is 10.1. The van der Waals surface area contributed by atoms with Crippen LogP contribution in [0, 0.1) is 0 Å². The third-order valence-corrected chi connectivity index (χ3v) is 4.37. The molecule has 3 nitrogen and oxygen atoms in total. The van der Waals surface area contributed by atoms with Crippen LogP contribution in [0.25, 0.3) is 10.9 Å². The molecule has 0 aliphatic heterocycles. The molecule has 1 aliphatic carbocycles. The third kappa shape index (κ3) is 2.19. The van der Waals surface area contributed by atoms with Crippen molar-refractivity contribution in [2.75, 3.05) is 12.4 Å². The van der Waals surface area contributed by atoms with Gasteiger partial charge < -0.3 is 10.1 Å². The molecule has 1 aliphatic rings. The van der Waals surface area contributed by atoms with E-state index in [-0.39, 0.29) is 0 Å². The van der Waals surface area contributed by atoms with E-state index in [1.54, 1.807) is 7.11 Å². The van der Waals surface area contributed by atoms with Gasteiger partial charge in [-0.2, -0.15) is 0 Å². The van der Waals surface area contributed by atoms with Gasteiger partial charge in [0.2, 0.25) is 0 Å². The Morgan fingerprint density at radius 2 is 1.95 bits per heavy atom. The molecule has 0 fully saturated rings. The van der Waals surface area contributed by atoms with Gasteiger partial charge in [-0.3, -0.25) is 0 Å². The van der Waals surface area contributed by atoms with Crippen LogP contribution in [-0.4, -0.2) is 12.1 Å². The molecule has 0 spiro atoms. The van der Waals surface area contributed by atoms with Gasteiger partial charge in [-0.1, -0.05) is 30.3 Å². The Labute approximate surface area is 130 Å². The summed E-state index contributed by atoms with van der Waals surface area (Å²) < 4.78 is 5.47. The Balaban J connectivity index is 1.65. The van der Waals surface area contributed by atoms with Gasteiger partial charge in [0, 0.05) is 5.39 Å². The Hall–Kier alpha value is -2.55. The van der Waals surface area contributed by atoms with E-state index < -0.39 is 0 Å². The first kappa shape index (κ1) is 13.1. The van der Waals surface area contributed by atoms with Gasteiger partial charge in [-0.25, -0.2) is 4.98 Å². The summed E-state index contributed by atoms with van der Waals surface area (Å²) in [6.45, 7) is 0. The SMILES string of the molecule is COc1cccc2c1CCC2Nc1ccc2ccccc2n1. The van der Waals surface area contributed by atoms with Crippen molar-refractivity contribution in [2.45, 2.75) is 18.9 Å². The van der Waals surface area contributed by atoms with Crippen molar-refractivity contribution in [3.8, 4) is 5.75 Å². The fourth-order valence-corrected chi connectivity index (χ4v) is 3.29. The van der Waals surface area contributed by atoms with Gasteiger partial charge in [-0.05, 0) is 48.2 Å². The number of anilines is 1. The average Bonchev–Trinajstić information content (AvgIpc) is 2.98. The maximum Gasteiger partial charge on any atom is 0.127 e. The van der Waals surface area contributed by atoms with Gasteiger partial charge in [-0.15, -0.1) is 0 Å². The van der Waals surface area contributed by atoms with Crippen LogP contribution in [0.4, 0.5) is 5.82 Å². The van der Waals surface area contributed by atoms with E-state index in [1.807, 2.05) is 24.3 Å². The van der Waals surface area contributed by atoms with Crippen molar-refractivity contribution >= 4 is 16.7 Å². The second-order valence-corrected chi connectivity index (χ2v) is 5.65. The van der Waals surface area contributed by atoms with Crippen LogP contribution in [0.1, 0.15) is 23.6 Å². The summed E-state index contributed by atoms with van der Waals surface area (Å²) in [5.41, 5.74) is 3.67. The maximum absolute atomic E-state index is 5.47. The van der Waals surface area contributed by atoms with Gasteiger partial charge >= 0.3 is 0 Å². The smallest absolute Gasteiger partial charge is 0.127 e. The Bertz CT molecular complexity index is 829. The van der Waals surface area contributed by atoms with Crippen molar-refractivity contribution in [3.63, 3.8) is 0 Å².